The Bertz CT molecular complexity index is 781. The maximum Gasteiger partial charge on any atom is 0.303 e. The Morgan fingerprint density at radius 2 is 1.55 bits per heavy atom. The number of aliphatic carboxylic acids is 1. The van der Waals surface area contributed by atoms with Crippen LogP contribution in [0.3, 0.4) is 0 Å². The summed E-state index contributed by atoms with van der Waals surface area (Å²) < 4.78 is 24.6. The zero-order chi connectivity index (χ0) is 22.1. The summed E-state index contributed by atoms with van der Waals surface area (Å²) in [5.74, 6) is -0.834. The van der Waals surface area contributed by atoms with Gasteiger partial charge in [-0.15, -0.1) is 0 Å². The summed E-state index contributed by atoms with van der Waals surface area (Å²) in [5.41, 5.74) is 2.18. The van der Waals surface area contributed by atoms with Crippen LogP contribution in [-0.2, 0) is 37.0 Å². The molecule has 3 rings (SSSR count). The van der Waals surface area contributed by atoms with E-state index in [1.807, 2.05) is 74.5 Å². The molecule has 0 aromatic heterocycles. The summed E-state index contributed by atoms with van der Waals surface area (Å²) in [5, 5.41) is 8.93. The van der Waals surface area contributed by atoms with Gasteiger partial charge in [-0.2, -0.15) is 0 Å². The molecule has 6 heteroatoms. The van der Waals surface area contributed by atoms with E-state index in [2.05, 4.69) is 0 Å². The van der Waals surface area contributed by atoms with Crippen molar-refractivity contribution in [2.45, 2.75) is 77.0 Å². The monoisotopic (exact) mass is 428 g/mol. The van der Waals surface area contributed by atoms with E-state index in [1.165, 1.54) is 0 Å². The van der Waals surface area contributed by atoms with Gasteiger partial charge in [0.2, 0.25) is 0 Å². The highest BCUT2D eigenvalue weighted by atomic mass is 16.7. The number of carboxylic acids is 1. The molecule has 0 radical (unpaired) electrons. The zero-order valence-electron chi connectivity index (χ0n) is 18.2. The molecular formula is C25H32O6. The SMILES string of the molecule is CC1O[C@H](O[C@H](C)CCC(=O)O)C(OCc2ccccc2)C[C@@H]1OCc1ccccc1. The van der Waals surface area contributed by atoms with Gasteiger partial charge in [0.1, 0.15) is 6.10 Å². The molecule has 0 bridgehead atoms. The predicted octanol–water partition coefficient (Wildman–Crippen LogP) is 4.56. The van der Waals surface area contributed by atoms with Crippen molar-refractivity contribution in [2.75, 3.05) is 0 Å². The van der Waals surface area contributed by atoms with Crippen LogP contribution in [0.1, 0.15) is 44.2 Å². The maximum atomic E-state index is 10.9. The Balaban J connectivity index is 1.61. The highest BCUT2D eigenvalue weighted by Crippen LogP contribution is 2.28. The molecule has 1 fully saturated rings. The number of hydrogen-bond acceptors (Lipinski definition) is 5. The fraction of sp³-hybridized carbons (Fsp3) is 0.480. The Morgan fingerprint density at radius 1 is 1.00 bits per heavy atom. The van der Waals surface area contributed by atoms with Crippen molar-refractivity contribution in [1.29, 1.82) is 0 Å². The minimum Gasteiger partial charge on any atom is -0.481 e. The maximum absolute atomic E-state index is 10.9. The zero-order valence-corrected chi connectivity index (χ0v) is 18.2. The average molecular weight is 429 g/mol. The summed E-state index contributed by atoms with van der Waals surface area (Å²) in [6, 6.07) is 20.0. The van der Waals surface area contributed by atoms with Crippen LogP contribution in [0.2, 0.25) is 0 Å². The van der Waals surface area contributed by atoms with E-state index >= 15 is 0 Å². The van der Waals surface area contributed by atoms with E-state index < -0.39 is 12.3 Å². The van der Waals surface area contributed by atoms with E-state index in [0.29, 0.717) is 26.1 Å². The highest BCUT2D eigenvalue weighted by molar-refractivity contribution is 5.66. The van der Waals surface area contributed by atoms with Crippen molar-refractivity contribution < 1.29 is 28.8 Å². The molecule has 2 aromatic rings. The largest absolute Gasteiger partial charge is 0.481 e. The fourth-order valence-corrected chi connectivity index (χ4v) is 3.57. The van der Waals surface area contributed by atoms with Crippen LogP contribution >= 0.6 is 0 Å². The number of hydrogen-bond donors (Lipinski definition) is 1. The molecule has 2 aromatic carbocycles. The summed E-state index contributed by atoms with van der Waals surface area (Å²) in [4.78, 5) is 10.9. The molecule has 1 heterocycles. The summed E-state index contributed by atoms with van der Waals surface area (Å²) in [6.45, 7) is 4.79. The topological polar surface area (TPSA) is 74.2 Å². The second kappa shape index (κ2) is 12.0. The standard InChI is InChI=1S/C25H32O6/c1-18(13-14-24(26)27)30-25-23(29-17-21-11-7-4-8-12-21)15-22(19(2)31-25)28-16-20-9-5-3-6-10-20/h3-12,18-19,22-23,25H,13-17H2,1-2H3,(H,26,27)/t18-,19?,22+,23?,25+/m1/s1. The van der Waals surface area contributed by atoms with Gasteiger partial charge in [-0.1, -0.05) is 60.7 Å². The molecule has 5 atom stereocenters. The first-order valence-electron chi connectivity index (χ1n) is 10.8. The third kappa shape index (κ3) is 7.74. The van der Waals surface area contributed by atoms with Crippen LogP contribution in [-0.4, -0.2) is 41.8 Å². The van der Waals surface area contributed by atoms with Crippen LogP contribution in [0.25, 0.3) is 0 Å². The first-order valence-corrected chi connectivity index (χ1v) is 10.8. The van der Waals surface area contributed by atoms with Gasteiger partial charge in [-0.25, -0.2) is 0 Å². The molecular weight excluding hydrogens is 396 g/mol. The summed E-state index contributed by atoms with van der Waals surface area (Å²) in [7, 11) is 0. The molecule has 1 N–H and O–H groups in total. The van der Waals surface area contributed by atoms with Crippen molar-refractivity contribution >= 4 is 5.97 Å². The van der Waals surface area contributed by atoms with Gasteiger partial charge < -0.3 is 24.1 Å². The van der Waals surface area contributed by atoms with Gasteiger partial charge >= 0.3 is 5.97 Å². The van der Waals surface area contributed by atoms with Crippen LogP contribution in [0.5, 0.6) is 0 Å². The summed E-state index contributed by atoms with van der Waals surface area (Å²) >= 11 is 0. The average Bonchev–Trinajstić information content (AvgIpc) is 2.78. The van der Waals surface area contributed by atoms with Crippen LogP contribution in [0, 0.1) is 0 Å². The van der Waals surface area contributed by atoms with Crippen LogP contribution in [0.4, 0.5) is 0 Å². The quantitative estimate of drug-likeness (QED) is 0.565. The molecule has 1 aliphatic heterocycles. The molecule has 2 unspecified atom stereocenters. The minimum atomic E-state index is -0.834. The number of ether oxygens (including phenoxy) is 4. The van der Waals surface area contributed by atoms with Crippen molar-refractivity contribution in [3.8, 4) is 0 Å². The molecule has 0 saturated carbocycles. The molecule has 1 aliphatic rings. The number of carboxylic acid groups (broad SMARTS) is 1. The third-order valence-corrected chi connectivity index (χ3v) is 5.39. The van der Waals surface area contributed by atoms with E-state index in [0.717, 1.165) is 11.1 Å². The second-order valence-electron chi connectivity index (χ2n) is 7.99. The Kier molecular flexibility index (Phi) is 9.03. The fourth-order valence-electron chi connectivity index (χ4n) is 3.57. The molecule has 6 nitrogen and oxygen atoms in total. The first-order chi connectivity index (χ1) is 15.0. The Labute approximate surface area is 184 Å². The van der Waals surface area contributed by atoms with Gasteiger partial charge in [-0.3, -0.25) is 4.79 Å². The van der Waals surface area contributed by atoms with Crippen molar-refractivity contribution in [3.05, 3.63) is 71.8 Å². The van der Waals surface area contributed by atoms with E-state index in [9.17, 15) is 4.79 Å². The number of rotatable bonds is 11. The highest BCUT2D eigenvalue weighted by Gasteiger charge is 2.38. The normalized spacial score (nSPS) is 24.6. The van der Waals surface area contributed by atoms with Crippen molar-refractivity contribution in [2.24, 2.45) is 0 Å². The molecule has 31 heavy (non-hydrogen) atoms. The van der Waals surface area contributed by atoms with Crippen molar-refractivity contribution in [3.63, 3.8) is 0 Å². The molecule has 168 valence electrons. The second-order valence-corrected chi connectivity index (χ2v) is 7.99. The lowest BCUT2D eigenvalue weighted by Gasteiger charge is -2.40. The van der Waals surface area contributed by atoms with E-state index in [-0.39, 0.29) is 30.8 Å². The van der Waals surface area contributed by atoms with E-state index in [4.69, 9.17) is 24.1 Å². The minimum absolute atomic E-state index is 0.0573. The predicted molar refractivity (Wildman–Crippen MR) is 116 cm³/mol. The molecule has 0 spiro atoms. The van der Waals surface area contributed by atoms with Gasteiger partial charge in [-0.05, 0) is 31.4 Å². The molecule has 1 saturated heterocycles. The lowest BCUT2D eigenvalue weighted by molar-refractivity contribution is -0.290. The van der Waals surface area contributed by atoms with Crippen molar-refractivity contribution in [1.82, 2.24) is 0 Å². The first kappa shape index (κ1) is 23.4. The number of benzene rings is 2. The Hall–Kier alpha value is -2.25. The molecule has 0 aliphatic carbocycles. The third-order valence-electron chi connectivity index (χ3n) is 5.39. The van der Waals surface area contributed by atoms with Crippen LogP contribution in [0.15, 0.2) is 60.7 Å². The lowest BCUT2D eigenvalue weighted by atomic mass is 10.0. The van der Waals surface area contributed by atoms with Gasteiger partial charge in [0, 0.05) is 12.8 Å². The molecule has 0 amide bonds. The van der Waals surface area contributed by atoms with Gasteiger partial charge in [0.05, 0.1) is 31.5 Å². The van der Waals surface area contributed by atoms with Gasteiger partial charge in [0.25, 0.3) is 0 Å². The smallest absolute Gasteiger partial charge is 0.303 e. The lowest BCUT2D eigenvalue weighted by Crippen LogP contribution is -2.50. The van der Waals surface area contributed by atoms with E-state index in [1.54, 1.807) is 0 Å². The Morgan fingerprint density at radius 3 is 2.10 bits per heavy atom. The summed E-state index contributed by atoms with van der Waals surface area (Å²) in [6.07, 6.45) is -0.324. The number of carbonyl (C=O) groups is 1. The van der Waals surface area contributed by atoms with Crippen LogP contribution < -0.4 is 0 Å². The van der Waals surface area contributed by atoms with Gasteiger partial charge in [0.15, 0.2) is 6.29 Å².